The van der Waals surface area contributed by atoms with Crippen molar-refractivity contribution >= 4 is 50.8 Å². The number of amides is 1. The number of hydrogen-bond donors (Lipinski definition) is 2. The van der Waals surface area contributed by atoms with Crippen LogP contribution in [0.5, 0.6) is 0 Å². The van der Waals surface area contributed by atoms with Gasteiger partial charge in [0.2, 0.25) is 10.0 Å². The number of halogens is 1. The predicted octanol–water partition coefficient (Wildman–Crippen LogP) is 3.93. The molecule has 1 aliphatic rings. The summed E-state index contributed by atoms with van der Waals surface area (Å²) in [6.07, 6.45) is 0.971. The van der Waals surface area contributed by atoms with Gasteiger partial charge in [0.25, 0.3) is 5.91 Å². The average Bonchev–Trinajstić information content (AvgIpc) is 3.10. The van der Waals surface area contributed by atoms with Crippen LogP contribution in [-0.4, -0.2) is 32.1 Å². The van der Waals surface area contributed by atoms with Crippen molar-refractivity contribution in [2.45, 2.75) is 4.58 Å². The van der Waals surface area contributed by atoms with Crippen molar-refractivity contribution in [3.63, 3.8) is 0 Å². The molecule has 26 heavy (non-hydrogen) atoms. The normalized spacial score (nSPS) is 15.0. The van der Waals surface area contributed by atoms with Gasteiger partial charge in [-0.25, -0.2) is 12.8 Å². The van der Waals surface area contributed by atoms with Crippen LogP contribution in [0.2, 0.25) is 0 Å². The van der Waals surface area contributed by atoms with Gasteiger partial charge in [-0.3, -0.25) is 9.52 Å². The third-order valence-electron chi connectivity index (χ3n) is 3.56. The maximum atomic E-state index is 13.6. The van der Waals surface area contributed by atoms with Crippen LogP contribution in [-0.2, 0) is 10.0 Å². The molecule has 0 radical (unpaired) electrons. The second kappa shape index (κ2) is 7.89. The van der Waals surface area contributed by atoms with Gasteiger partial charge in [0, 0.05) is 17.2 Å². The van der Waals surface area contributed by atoms with E-state index in [0.29, 0.717) is 10.3 Å². The minimum atomic E-state index is -3.59. The summed E-state index contributed by atoms with van der Waals surface area (Å²) in [5.41, 5.74) is 1.63. The van der Waals surface area contributed by atoms with Crippen molar-refractivity contribution in [3.8, 4) is 0 Å². The Kier molecular flexibility index (Phi) is 5.79. The predicted molar refractivity (Wildman–Crippen MR) is 107 cm³/mol. The fraction of sp³-hybridized carbons (Fsp3) is 0.235. The molecular weight excluding hydrogens is 395 g/mol. The molecule has 1 amide bonds. The highest BCUT2D eigenvalue weighted by Gasteiger charge is 2.19. The van der Waals surface area contributed by atoms with Gasteiger partial charge in [-0.15, -0.1) is 23.5 Å². The summed E-state index contributed by atoms with van der Waals surface area (Å²) >= 11 is 3.71. The lowest BCUT2D eigenvalue weighted by Crippen LogP contribution is -2.18. The second-order valence-electron chi connectivity index (χ2n) is 5.72. The van der Waals surface area contributed by atoms with Gasteiger partial charge >= 0.3 is 0 Å². The molecule has 1 saturated heterocycles. The standard InChI is InChI=1S/C17H17FN2O3S3/c1-26(22,23)20-15-6-5-12(18)10-14(15)16(21)19-13-4-2-3-11(9-13)17-24-7-8-25-17/h2-6,9-10,17,20H,7-8H2,1H3,(H,19,21). The summed E-state index contributed by atoms with van der Waals surface area (Å²) in [6, 6.07) is 10.8. The molecule has 0 aliphatic carbocycles. The van der Waals surface area contributed by atoms with Crippen LogP contribution in [0.4, 0.5) is 15.8 Å². The molecule has 1 heterocycles. The first-order chi connectivity index (χ1) is 12.3. The Hall–Kier alpha value is -1.71. The van der Waals surface area contributed by atoms with E-state index in [1.54, 1.807) is 6.07 Å². The Labute approximate surface area is 160 Å². The lowest BCUT2D eigenvalue weighted by Gasteiger charge is -2.13. The Bertz CT molecular complexity index is 929. The van der Waals surface area contributed by atoms with Crippen LogP contribution in [0.1, 0.15) is 20.5 Å². The van der Waals surface area contributed by atoms with Crippen molar-refractivity contribution in [1.82, 2.24) is 0 Å². The number of nitrogens with one attached hydrogen (secondary N) is 2. The first-order valence-corrected chi connectivity index (χ1v) is 11.7. The molecule has 0 saturated carbocycles. The molecule has 2 aromatic carbocycles. The molecule has 2 aromatic rings. The number of carbonyl (C=O) groups is 1. The number of carbonyl (C=O) groups excluding carboxylic acids is 1. The van der Waals surface area contributed by atoms with Crippen molar-refractivity contribution in [2.75, 3.05) is 27.8 Å². The summed E-state index contributed by atoms with van der Waals surface area (Å²) in [5, 5.41) is 2.72. The SMILES string of the molecule is CS(=O)(=O)Nc1ccc(F)cc1C(=O)Nc1cccc(C2SCCS2)c1. The molecule has 1 fully saturated rings. The zero-order valence-electron chi connectivity index (χ0n) is 13.9. The number of rotatable bonds is 5. The first kappa shape index (κ1) is 19.1. The molecule has 1 aliphatic heterocycles. The molecule has 2 N–H and O–H groups in total. The zero-order valence-corrected chi connectivity index (χ0v) is 16.3. The van der Waals surface area contributed by atoms with Crippen LogP contribution in [0.15, 0.2) is 42.5 Å². The fourth-order valence-corrected chi connectivity index (χ4v) is 5.92. The Morgan fingerprint density at radius 1 is 1.15 bits per heavy atom. The molecule has 3 rings (SSSR count). The molecule has 138 valence electrons. The van der Waals surface area contributed by atoms with Crippen LogP contribution in [0.3, 0.4) is 0 Å². The highest BCUT2D eigenvalue weighted by molar-refractivity contribution is 8.19. The minimum absolute atomic E-state index is 0.0319. The molecule has 0 unspecified atom stereocenters. The topological polar surface area (TPSA) is 75.3 Å². The van der Waals surface area contributed by atoms with Gasteiger partial charge < -0.3 is 5.32 Å². The first-order valence-electron chi connectivity index (χ1n) is 7.74. The van der Waals surface area contributed by atoms with Gasteiger partial charge in [-0.1, -0.05) is 12.1 Å². The monoisotopic (exact) mass is 412 g/mol. The van der Waals surface area contributed by atoms with Gasteiger partial charge in [0.1, 0.15) is 5.82 Å². The van der Waals surface area contributed by atoms with Crippen molar-refractivity contribution in [2.24, 2.45) is 0 Å². The maximum Gasteiger partial charge on any atom is 0.257 e. The smallest absolute Gasteiger partial charge is 0.257 e. The highest BCUT2D eigenvalue weighted by atomic mass is 32.2. The van der Waals surface area contributed by atoms with E-state index in [0.717, 1.165) is 35.5 Å². The lowest BCUT2D eigenvalue weighted by atomic mass is 10.1. The maximum absolute atomic E-state index is 13.6. The molecule has 5 nitrogen and oxygen atoms in total. The van der Waals surface area contributed by atoms with E-state index in [2.05, 4.69) is 10.0 Å². The van der Waals surface area contributed by atoms with Crippen LogP contribution in [0, 0.1) is 5.82 Å². The summed E-state index contributed by atoms with van der Waals surface area (Å²) in [5.74, 6) is 0.979. The zero-order chi connectivity index (χ0) is 18.7. The van der Waals surface area contributed by atoms with Crippen molar-refractivity contribution in [3.05, 3.63) is 59.4 Å². The van der Waals surface area contributed by atoms with Gasteiger partial charge in [-0.05, 0) is 35.9 Å². The fourth-order valence-electron chi connectivity index (χ4n) is 2.51. The van der Waals surface area contributed by atoms with Crippen molar-refractivity contribution in [1.29, 1.82) is 0 Å². The highest BCUT2D eigenvalue weighted by Crippen LogP contribution is 2.45. The second-order valence-corrected chi connectivity index (χ2v) is 10.2. The van der Waals surface area contributed by atoms with E-state index in [1.165, 1.54) is 6.07 Å². The Balaban J connectivity index is 1.84. The molecule has 0 bridgehead atoms. The largest absolute Gasteiger partial charge is 0.322 e. The minimum Gasteiger partial charge on any atom is -0.322 e. The summed E-state index contributed by atoms with van der Waals surface area (Å²) < 4.78 is 39.1. The number of benzene rings is 2. The van der Waals surface area contributed by atoms with E-state index in [1.807, 2.05) is 41.7 Å². The number of anilines is 2. The number of thioether (sulfide) groups is 2. The average molecular weight is 413 g/mol. The third-order valence-corrected chi connectivity index (χ3v) is 7.26. The van der Waals surface area contributed by atoms with Crippen LogP contribution < -0.4 is 10.0 Å². The van der Waals surface area contributed by atoms with E-state index < -0.39 is 21.7 Å². The summed E-state index contributed by atoms with van der Waals surface area (Å²) in [7, 11) is -3.59. The molecule has 0 aromatic heterocycles. The van der Waals surface area contributed by atoms with Crippen molar-refractivity contribution < 1.29 is 17.6 Å². The summed E-state index contributed by atoms with van der Waals surface area (Å²) in [4.78, 5) is 12.6. The van der Waals surface area contributed by atoms with Crippen LogP contribution >= 0.6 is 23.5 Å². The number of hydrogen-bond acceptors (Lipinski definition) is 5. The van der Waals surface area contributed by atoms with E-state index in [-0.39, 0.29) is 11.3 Å². The molecular formula is C17H17FN2O3S3. The van der Waals surface area contributed by atoms with E-state index in [4.69, 9.17) is 0 Å². The van der Waals surface area contributed by atoms with Gasteiger partial charge in [-0.2, -0.15) is 0 Å². The quantitative estimate of drug-likeness (QED) is 0.778. The van der Waals surface area contributed by atoms with E-state index >= 15 is 0 Å². The van der Waals surface area contributed by atoms with Gasteiger partial charge in [0.15, 0.2) is 0 Å². The Morgan fingerprint density at radius 3 is 2.58 bits per heavy atom. The Morgan fingerprint density at radius 2 is 1.88 bits per heavy atom. The van der Waals surface area contributed by atoms with Gasteiger partial charge in [0.05, 0.1) is 22.1 Å². The van der Waals surface area contributed by atoms with Crippen LogP contribution in [0.25, 0.3) is 0 Å². The summed E-state index contributed by atoms with van der Waals surface area (Å²) in [6.45, 7) is 0. The lowest BCUT2D eigenvalue weighted by molar-refractivity contribution is 0.102. The molecule has 0 atom stereocenters. The molecule has 0 spiro atoms. The number of sulfonamides is 1. The molecule has 9 heteroatoms. The third kappa shape index (κ3) is 4.93. The van der Waals surface area contributed by atoms with E-state index in [9.17, 15) is 17.6 Å².